The smallest absolute Gasteiger partial charge is 0.277 e. The van der Waals surface area contributed by atoms with Gasteiger partial charge in [-0.2, -0.15) is 13.1 Å². The summed E-state index contributed by atoms with van der Waals surface area (Å²) in [5.41, 5.74) is 7.11. The fraction of sp³-hybridized carbons (Fsp3) is 0.455. The number of benzene rings is 1. The standard InChI is InChI=1S/C11H19N3O2S/c1-3-7-13-17(15,16)14-9(2)10-5-4-6-11(12)8-10/h4-6,8-9,13-14H,3,7,12H2,1-2H3. The minimum atomic E-state index is -3.44. The van der Waals surface area contributed by atoms with Gasteiger partial charge >= 0.3 is 0 Å². The lowest BCUT2D eigenvalue weighted by Gasteiger charge is -2.15. The van der Waals surface area contributed by atoms with Crippen molar-refractivity contribution >= 4 is 15.9 Å². The van der Waals surface area contributed by atoms with E-state index in [0.717, 1.165) is 12.0 Å². The molecule has 0 amide bonds. The van der Waals surface area contributed by atoms with E-state index in [1.54, 1.807) is 25.1 Å². The average molecular weight is 257 g/mol. The van der Waals surface area contributed by atoms with Gasteiger partial charge in [-0.1, -0.05) is 19.1 Å². The number of hydrogen-bond donors (Lipinski definition) is 3. The summed E-state index contributed by atoms with van der Waals surface area (Å²) in [7, 11) is -3.44. The quantitative estimate of drug-likeness (QED) is 0.669. The van der Waals surface area contributed by atoms with Gasteiger partial charge in [0.15, 0.2) is 0 Å². The van der Waals surface area contributed by atoms with Crippen molar-refractivity contribution in [2.45, 2.75) is 26.3 Å². The summed E-state index contributed by atoms with van der Waals surface area (Å²) >= 11 is 0. The van der Waals surface area contributed by atoms with Gasteiger partial charge in [0.1, 0.15) is 0 Å². The van der Waals surface area contributed by atoms with Crippen LogP contribution < -0.4 is 15.2 Å². The second kappa shape index (κ2) is 6.00. The Bertz CT molecular complexity index is 460. The highest BCUT2D eigenvalue weighted by Crippen LogP contribution is 2.15. The first kappa shape index (κ1) is 14.0. The highest BCUT2D eigenvalue weighted by atomic mass is 32.2. The number of anilines is 1. The molecule has 0 aliphatic rings. The SMILES string of the molecule is CCCNS(=O)(=O)NC(C)c1cccc(N)c1. The van der Waals surface area contributed by atoms with Gasteiger partial charge in [0.25, 0.3) is 10.2 Å². The summed E-state index contributed by atoms with van der Waals surface area (Å²) in [5, 5.41) is 0. The third kappa shape index (κ3) is 4.72. The van der Waals surface area contributed by atoms with E-state index in [1.165, 1.54) is 0 Å². The van der Waals surface area contributed by atoms with E-state index >= 15 is 0 Å². The largest absolute Gasteiger partial charge is 0.399 e. The molecule has 0 spiro atoms. The number of hydrogen-bond acceptors (Lipinski definition) is 3. The van der Waals surface area contributed by atoms with Crippen molar-refractivity contribution in [2.75, 3.05) is 12.3 Å². The number of rotatable bonds is 6. The second-order valence-corrected chi connectivity index (χ2v) is 5.44. The molecule has 1 rings (SSSR count). The molecular weight excluding hydrogens is 238 g/mol. The molecule has 6 heteroatoms. The predicted octanol–water partition coefficient (Wildman–Crippen LogP) is 1.16. The van der Waals surface area contributed by atoms with E-state index in [1.807, 2.05) is 13.0 Å². The molecule has 0 aliphatic heterocycles. The molecule has 1 aromatic carbocycles. The van der Waals surface area contributed by atoms with Crippen molar-refractivity contribution < 1.29 is 8.42 Å². The third-order valence-electron chi connectivity index (χ3n) is 2.28. The lowest BCUT2D eigenvalue weighted by atomic mass is 10.1. The average Bonchev–Trinajstić information content (AvgIpc) is 2.26. The normalized spacial score (nSPS) is 13.5. The highest BCUT2D eigenvalue weighted by Gasteiger charge is 2.14. The van der Waals surface area contributed by atoms with E-state index in [0.29, 0.717) is 12.2 Å². The number of nitrogens with two attached hydrogens (primary N) is 1. The van der Waals surface area contributed by atoms with Gasteiger partial charge in [-0.15, -0.1) is 0 Å². The molecular formula is C11H19N3O2S. The first-order chi connectivity index (χ1) is 7.94. The van der Waals surface area contributed by atoms with Crippen LogP contribution >= 0.6 is 0 Å². The van der Waals surface area contributed by atoms with Crippen LogP contribution in [0.2, 0.25) is 0 Å². The van der Waals surface area contributed by atoms with Crippen LogP contribution in [0.4, 0.5) is 5.69 Å². The van der Waals surface area contributed by atoms with Gasteiger partial charge in [-0.3, -0.25) is 0 Å². The van der Waals surface area contributed by atoms with Crippen LogP contribution in [0.3, 0.4) is 0 Å². The molecule has 1 unspecified atom stereocenters. The molecule has 0 saturated carbocycles. The molecule has 1 atom stereocenters. The van der Waals surface area contributed by atoms with E-state index in [9.17, 15) is 8.42 Å². The Morgan fingerprint density at radius 3 is 2.71 bits per heavy atom. The fourth-order valence-corrected chi connectivity index (χ4v) is 2.56. The van der Waals surface area contributed by atoms with E-state index < -0.39 is 10.2 Å². The maximum Gasteiger partial charge on any atom is 0.277 e. The van der Waals surface area contributed by atoms with E-state index in [4.69, 9.17) is 5.73 Å². The first-order valence-electron chi connectivity index (χ1n) is 5.57. The van der Waals surface area contributed by atoms with Crippen LogP contribution in [0.25, 0.3) is 0 Å². The minimum Gasteiger partial charge on any atom is -0.399 e. The molecule has 4 N–H and O–H groups in total. The second-order valence-electron chi connectivity index (χ2n) is 3.91. The van der Waals surface area contributed by atoms with Crippen LogP contribution in [-0.2, 0) is 10.2 Å². The molecule has 0 saturated heterocycles. The highest BCUT2D eigenvalue weighted by molar-refractivity contribution is 7.87. The van der Waals surface area contributed by atoms with Crippen LogP contribution in [0, 0.1) is 0 Å². The van der Waals surface area contributed by atoms with Gasteiger partial charge < -0.3 is 5.73 Å². The summed E-state index contributed by atoms with van der Waals surface area (Å²) in [6.45, 7) is 4.11. The zero-order valence-electron chi connectivity index (χ0n) is 10.1. The predicted molar refractivity (Wildman–Crippen MR) is 69.6 cm³/mol. The van der Waals surface area contributed by atoms with Gasteiger partial charge in [0, 0.05) is 18.3 Å². The van der Waals surface area contributed by atoms with Gasteiger partial charge in [-0.25, -0.2) is 4.72 Å². The third-order valence-corrected chi connectivity index (χ3v) is 3.53. The van der Waals surface area contributed by atoms with Crippen molar-refractivity contribution in [1.82, 2.24) is 9.44 Å². The summed E-state index contributed by atoms with van der Waals surface area (Å²) in [6.07, 6.45) is 0.758. The van der Waals surface area contributed by atoms with Gasteiger partial charge in [0.05, 0.1) is 0 Å². The Hall–Kier alpha value is -1.11. The molecule has 17 heavy (non-hydrogen) atoms. The van der Waals surface area contributed by atoms with Gasteiger partial charge in [0.2, 0.25) is 0 Å². The first-order valence-corrected chi connectivity index (χ1v) is 7.05. The zero-order chi connectivity index (χ0) is 12.9. The summed E-state index contributed by atoms with van der Waals surface area (Å²) < 4.78 is 28.2. The lowest BCUT2D eigenvalue weighted by molar-refractivity contribution is 0.551. The fourth-order valence-electron chi connectivity index (χ4n) is 1.41. The maximum atomic E-state index is 11.6. The van der Waals surface area contributed by atoms with Crippen molar-refractivity contribution in [3.05, 3.63) is 29.8 Å². The zero-order valence-corrected chi connectivity index (χ0v) is 10.9. The molecule has 0 aromatic heterocycles. The number of nitrogen functional groups attached to an aromatic ring is 1. The Balaban J connectivity index is 2.69. The molecule has 0 fully saturated rings. The van der Waals surface area contributed by atoms with Gasteiger partial charge in [-0.05, 0) is 31.0 Å². The van der Waals surface area contributed by atoms with E-state index in [-0.39, 0.29) is 6.04 Å². The Morgan fingerprint density at radius 1 is 1.41 bits per heavy atom. The van der Waals surface area contributed by atoms with Crippen molar-refractivity contribution in [2.24, 2.45) is 0 Å². The summed E-state index contributed by atoms with van der Waals surface area (Å²) in [6, 6.07) is 6.85. The monoisotopic (exact) mass is 257 g/mol. The van der Waals surface area contributed by atoms with Crippen LogP contribution in [0.5, 0.6) is 0 Å². The maximum absolute atomic E-state index is 11.6. The Morgan fingerprint density at radius 2 is 2.12 bits per heavy atom. The topological polar surface area (TPSA) is 84.2 Å². The molecule has 96 valence electrons. The Labute approximate surface area is 103 Å². The minimum absolute atomic E-state index is 0.312. The summed E-state index contributed by atoms with van der Waals surface area (Å²) in [5.74, 6) is 0. The molecule has 0 radical (unpaired) electrons. The summed E-state index contributed by atoms with van der Waals surface area (Å²) in [4.78, 5) is 0. The number of nitrogens with one attached hydrogen (secondary N) is 2. The molecule has 0 heterocycles. The van der Waals surface area contributed by atoms with Crippen molar-refractivity contribution in [3.8, 4) is 0 Å². The molecule has 1 aromatic rings. The van der Waals surface area contributed by atoms with Crippen LogP contribution in [-0.4, -0.2) is 15.0 Å². The van der Waals surface area contributed by atoms with Crippen molar-refractivity contribution in [3.63, 3.8) is 0 Å². The van der Waals surface area contributed by atoms with E-state index in [2.05, 4.69) is 9.44 Å². The molecule has 5 nitrogen and oxygen atoms in total. The molecule has 0 bridgehead atoms. The van der Waals surface area contributed by atoms with Crippen LogP contribution in [0.15, 0.2) is 24.3 Å². The Kier molecular flexibility index (Phi) is 4.92. The van der Waals surface area contributed by atoms with Crippen LogP contribution in [0.1, 0.15) is 31.9 Å². The van der Waals surface area contributed by atoms with Crippen molar-refractivity contribution in [1.29, 1.82) is 0 Å². The lowest BCUT2D eigenvalue weighted by Crippen LogP contribution is -2.38. The molecule has 0 aliphatic carbocycles.